The monoisotopic (exact) mass is 341 g/mol. The van der Waals surface area contributed by atoms with Crippen LogP contribution in [0.1, 0.15) is 16.7 Å². The lowest BCUT2D eigenvalue weighted by atomic mass is 9.73. The molecule has 0 radical (unpaired) electrons. The molecule has 1 atom stereocenters. The average Bonchev–Trinajstić information content (AvgIpc) is 2.69. The fourth-order valence-electron chi connectivity index (χ4n) is 3.66. The molecule has 1 unspecified atom stereocenters. The molecule has 1 aliphatic rings. The van der Waals surface area contributed by atoms with Gasteiger partial charge in [-0.1, -0.05) is 65.8 Å². The van der Waals surface area contributed by atoms with Gasteiger partial charge in [0.25, 0.3) is 0 Å². The Labute approximate surface area is 150 Å². The number of nitrogens with zero attached hydrogens (tertiary/aromatic N) is 3. The van der Waals surface area contributed by atoms with Crippen LogP contribution in [0.3, 0.4) is 0 Å². The summed E-state index contributed by atoms with van der Waals surface area (Å²) in [4.78, 5) is 16.2. The fraction of sp³-hybridized carbons (Fsp3) is 0.0952. The van der Waals surface area contributed by atoms with Gasteiger partial charge in [-0.15, -0.1) is 0 Å². The summed E-state index contributed by atoms with van der Waals surface area (Å²) in [6, 6.07) is 18.9. The number of hydrogen-bond donors (Lipinski definition) is 0. The van der Waals surface area contributed by atoms with Crippen LogP contribution in [-0.4, -0.2) is 12.9 Å². The van der Waals surface area contributed by atoms with Gasteiger partial charge in [-0.25, -0.2) is 0 Å². The number of ether oxygens (including phenoxy) is 1. The van der Waals surface area contributed by atoms with E-state index in [1.54, 1.807) is 19.3 Å². The zero-order valence-electron chi connectivity index (χ0n) is 14.1. The first-order valence-electron chi connectivity index (χ1n) is 8.17. The van der Waals surface area contributed by atoms with Crippen molar-refractivity contribution in [2.24, 2.45) is 5.11 Å². The Bertz CT molecular complexity index is 1110. The number of ketones is 1. The molecule has 0 saturated heterocycles. The number of carbonyl (C=O) groups excluding carboxylic acids is 1. The maximum Gasteiger partial charge on any atom is 0.176 e. The summed E-state index contributed by atoms with van der Waals surface area (Å²) in [6.07, 6.45) is 3.22. The number of fused-ring (bicyclic) bond motifs is 2. The van der Waals surface area contributed by atoms with Crippen molar-refractivity contribution in [2.75, 3.05) is 7.11 Å². The normalized spacial score (nSPS) is 18.3. The van der Waals surface area contributed by atoms with Crippen LogP contribution in [0.15, 0.2) is 71.9 Å². The molecule has 4 rings (SSSR count). The van der Waals surface area contributed by atoms with Crippen LogP contribution in [0, 0.1) is 0 Å². The van der Waals surface area contributed by atoms with Crippen molar-refractivity contribution >= 4 is 22.6 Å². The highest BCUT2D eigenvalue weighted by Crippen LogP contribution is 2.47. The van der Waals surface area contributed by atoms with Gasteiger partial charge in [0.15, 0.2) is 11.3 Å². The van der Waals surface area contributed by atoms with E-state index in [0.717, 1.165) is 16.3 Å². The molecule has 0 fully saturated rings. The van der Waals surface area contributed by atoms with E-state index in [0.29, 0.717) is 16.9 Å². The van der Waals surface area contributed by atoms with Gasteiger partial charge in [0.1, 0.15) is 5.75 Å². The highest BCUT2D eigenvalue weighted by molar-refractivity contribution is 6.10. The van der Waals surface area contributed by atoms with Crippen LogP contribution in [0.25, 0.3) is 27.3 Å². The van der Waals surface area contributed by atoms with Crippen LogP contribution in [-0.2, 0) is 10.3 Å². The molecule has 126 valence electrons. The van der Waals surface area contributed by atoms with Crippen molar-refractivity contribution in [1.82, 2.24) is 0 Å². The van der Waals surface area contributed by atoms with E-state index in [9.17, 15) is 10.3 Å². The molecule has 3 aromatic carbocycles. The van der Waals surface area contributed by atoms with Gasteiger partial charge in [-0.05, 0) is 39.6 Å². The van der Waals surface area contributed by atoms with Gasteiger partial charge in [0.2, 0.25) is 0 Å². The standard InChI is InChI=1S/C21H15N3O2/c1-26-18-12-10-14-6-2-4-8-16(14)20(18)21(23-24-22)17-9-5-3-7-15(17)11-13-19(21)25/h2-13H,1H3. The smallest absolute Gasteiger partial charge is 0.176 e. The first kappa shape index (κ1) is 15.9. The number of carbonyl (C=O) groups is 1. The Morgan fingerprint density at radius 1 is 1.00 bits per heavy atom. The third-order valence-electron chi connectivity index (χ3n) is 4.79. The molecular weight excluding hydrogens is 326 g/mol. The molecule has 3 aromatic rings. The minimum Gasteiger partial charge on any atom is -0.496 e. The number of rotatable bonds is 3. The first-order chi connectivity index (χ1) is 12.7. The molecule has 5 nitrogen and oxygen atoms in total. The van der Waals surface area contributed by atoms with Gasteiger partial charge in [-0.3, -0.25) is 4.79 Å². The number of azide groups is 1. The highest BCUT2D eigenvalue weighted by Gasteiger charge is 2.46. The van der Waals surface area contributed by atoms with Crippen molar-refractivity contribution in [1.29, 1.82) is 0 Å². The molecule has 0 aromatic heterocycles. The van der Waals surface area contributed by atoms with Crippen LogP contribution in [0.2, 0.25) is 0 Å². The van der Waals surface area contributed by atoms with Crippen LogP contribution >= 0.6 is 0 Å². The predicted molar refractivity (Wildman–Crippen MR) is 101 cm³/mol. The fourth-order valence-corrected chi connectivity index (χ4v) is 3.66. The van der Waals surface area contributed by atoms with E-state index < -0.39 is 5.54 Å². The summed E-state index contributed by atoms with van der Waals surface area (Å²) in [5, 5.41) is 5.82. The Hall–Kier alpha value is -3.56. The summed E-state index contributed by atoms with van der Waals surface area (Å²) in [5.41, 5.74) is 9.92. The molecule has 26 heavy (non-hydrogen) atoms. The number of benzene rings is 3. The largest absolute Gasteiger partial charge is 0.496 e. The zero-order chi connectivity index (χ0) is 18.1. The third kappa shape index (κ3) is 2.11. The number of methoxy groups -OCH3 is 1. The SMILES string of the molecule is COc1ccc2ccccc2c1C1(N=[N+]=[N-])C(=O)C=Cc2ccccc21. The second-order valence-electron chi connectivity index (χ2n) is 6.05. The average molecular weight is 341 g/mol. The lowest BCUT2D eigenvalue weighted by molar-refractivity contribution is -0.118. The van der Waals surface area contributed by atoms with Crippen molar-refractivity contribution in [2.45, 2.75) is 5.54 Å². The molecule has 5 heteroatoms. The lowest BCUT2D eigenvalue weighted by Gasteiger charge is -2.33. The van der Waals surface area contributed by atoms with E-state index in [1.807, 2.05) is 54.6 Å². The first-order valence-corrected chi connectivity index (χ1v) is 8.17. The summed E-state index contributed by atoms with van der Waals surface area (Å²) < 4.78 is 5.58. The van der Waals surface area contributed by atoms with Crippen LogP contribution in [0.5, 0.6) is 5.75 Å². The second kappa shape index (κ2) is 6.06. The molecule has 0 bridgehead atoms. The lowest BCUT2D eigenvalue weighted by Crippen LogP contribution is -2.37. The van der Waals surface area contributed by atoms with E-state index in [1.165, 1.54) is 6.08 Å². The predicted octanol–water partition coefficient (Wildman–Crippen LogP) is 5.00. The van der Waals surface area contributed by atoms with E-state index in [4.69, 9.17) is 4.74 Å². The van der Waals surface area contributed by atoms with Gasteiger partial charge in [-0.2, -0.15) is 0 Å². The molecule has 0 N–H and O–H groups in total. The maximum atomic E-state index is 13.2. The van der Waals surface area contributed by atoms with Crippen molar-refractivity contribution in [3.8, 4) is 5.75 Å². The molecule has 0 saturated carbocycles. The molecular formula is C21H15N3O2. The summed E-state index contributed by atoms with van der Waals surface area (Å²) in [5.74, 6) is 0.221. The zero-order valence-corrected chi connectivity index (χ0v) is 14.1. The van der Waals surface area contributed by atoms with Crippen molar-refractivity contribution < 1.29 is 9.53 Å². The van der Waals surface area contributed by atoms with E-state index >= 15 is 0 Å². The van der Waals surface area contributed by atoms with Crippen molar-refractivity contribution in [3.63, 3.8) is 0 Å². The van der Waals surface area contributed by atoms with Gasteiger partial charge in [0, 0.05) is 10.5 Å². The molecule has 1 aliphatic carbocycles. The molecule has 0 aliphatic heterocycles. The Morgan fingerprint density at radius 2 is 1.77 bits per heavy atom. The van der Waals surface area contributed by atoms with Gasteiger partial charge in [0.05, 0.1) is 7.11 Å². The summed E-state index contributed by atoms with van der Waals surface area (Å²) in [6.45, 7) is 0. The van der Waals surface area contributed by atoms with Crippen LogP contribution < -0.4 is 4.74 Å². The van der Waals surface area contributed by atoms with Crippen LogP contribution in [0.4, 0.5) is 0 Å². The molecule has 0 heterocycles. The Morgan fingerprint density at radius 3 is 2.58 bits per heavy atom. The van der Waals surface area contributed by atoms with Gasteiger partial charge >= 0.3 is 0 Å². The topological polar surface area (TPSA) is 75.1 Å². The summed E-state index contributed by atoms with van der Waals surface area (Å²) in [7, 11) is 1.55. The van der Waals surface area contributed by atoms with Crippen molar-refractivity contribution in [3.05, 3.63) is 93.9 Å². The molecule has 0 spiro atoms. The highest BCUT2D eigenvalue weighted by atomic mass is 16.5. The summed E-state index contributed by atoms with van der Waals surface area (Å²) >= 11 is 0. The molecule has 0 amide bonds. The quantitative estimate of drug-likeness (QED) is 0.382. The Balaban J connectivity index is 2.22. The second-order valence-corrected chi connectivity index (χ2v) is 6.05. The number of hydrogen-bond acceptors (Lipinski definition) is 3. The third-order valence-corrected chi connectivity index (χ3v) is 4.79. The van der Waals surface area contributed by atoms with E-state index in [2.05, 4.69) is 10.0 Å². The minimum absolute atomic E-state index is 0.288. The Kier molecular flexibility index (Phi) is 3.72. The maximum absolute atomic E-state index is 13.2. The minimum atomic E-state index is -1.51. The van der Waals surface area contributed by atoms with E-state index in [-0.39, 0.29) is 5.78 Å². The van der Waals surface area contributed by atoms with Gasteiger partial charge < -0.3 is 4.74 Å².